The van der Waals surface area contributed by atoms with Crippen LogP contribution in [0.2, 0.25) is 0 Å². The zero-order valence-corrected chi connectivity index (χ0v) is 42.2. The molecule has 0 N–H and O–H groups in total. The van der Waals surface area contributed by atoms with Crippen molar-refractivity contribution in [2.45, 2.75) is 309 Å². The Kier molecular flexibility index (Phi) is 52.3. The standard InChI is InChI=1S/C57H108O5/c1-4-7-10-13-16-18-20-22-24-26-28-30-32-34-36-38-40-43-46-49-52-60-53-55(62-57(59)51-48-45-41-15-12-9-6-3)54-61-56(58)50-47-44-42-39-37-35-33-31-29-27-25-23-21-19-17-14-11-8-5-2/h16,18,22,24,55H,4-15,17,19-21,23,25-54H2,1-3H3/b18-16-,24-22-. The third kappa shape index (κ3) is 51.0. The van der Waals surface area contributed by atoms with E-state index >= 15 is 0 Å². The predicted molar refractivity (Wildman–Crippen MR) is 270 cm³/mol. The van der Waals surface area contributed by atoms with E-state index in [1.165, 1.54) is 225 Å². The summed E-state index contributed by atoms with van der Waals surface area (Å²) in [5, 5.41) is 0. The van der Waals surface area contributed by atoms with Crippen molar-refractivity contribution in [3.63, 3.8) is 0 Å². The van der Waals surface area contributed by atoms with Crippen molar-refractivity contribution in [1.82, 2.24) is 0 Å². The van der Waals surface area contributed by atoms with E-state index in [4.69, 9.17) is 14.2 Å². The van der Waals surface area contributed by atoms with Gasteiger partial charge in [-0.2, -0.15) is 0 Å². The van der Waals surface area contributed by atoms with E-state index in [1.807, 2.05) is 0 Å². The molecule has 0 aromatic rings. The minimum Gasteiger partial charge on any atom is -0.462 e. The smallest absolute Gasteiger partial charge is 0.306 e. The molecule has 0 bridgehead atoms. The Hall–Kier alpha value is -1.62. The Morgan fingerprint density at radius 3 is 1.10 bits per heavy atom. The molecule has 0 radical (unpaired) electrons. The van der Waals surface area contributed by atoms with Crippen molar-refractivity contribution in [1.29, 1.82) is 0 Å². The summed E-state index contributed by atoms with van der Waals surface area (Å²) in [6.45, 7) is 7.82. The molecule has 62 heavy (non-hydrogen) atoms. The topological polar surface area (TPSA) is 61.8 Å². The maximum Gasteiger partial charge on any atom is 0.306 e. The van der Waals surface area contributed by atoms with Crippen LogP contribution in [0.25, 0.3) is 0 Å². The van der Waals surface area contributed by atoms with Crippen molar-refractivity contribution in [3.8, 4) is 0 Å². The summed E-state index contributed by atoms with van der Waals surface area (Å²) < 4.78 is 17.4. The van der Waals surface area contributed by atoms with Crippen LogP contribution in [0.5, 0.6) is 0 Å². The van der Waals surface area contributed by atoms with Gasteiger partial charge < -0.3 is 14.2 Å². The molecule has 0 aromatic carbocycles. The molecule has 1 atom stereocenters. The third-order valence-electron chi connectivity index (χ3n) is 12.5. The van der Waals surface area contributed by atoms with Crippen LogP contribution in [0.3, 0.4) is 0 Å². The molecular weight excluding hydrogens is 765 g/mol. The number of hydrogen-bond acceptors (Lipinski definition) is 5. The average Bonchev–Trinajstić information content (AvgIpc) is 3.27. The quantitative estimate of drug-likeness (QED) is 0.0346. The molecule has 366 valence electrons. The molecule has 0 heterocycles. The van der Waals surface area contributed by atoms with E-state index in [0.717, 1.165) is 44.9 Å². The summed E-state index contributed by atoms with van der Waals surface area (Å²) in [5.41, 5.74) is 0. The highest BCUT2D eigenvalue weighted by Gasteiger charge is 2.17. The summed E-state index contributed by atoms with van der Waals surface area (Å²) in [6.07, 6.45) is 63.5. The third-order valence-corrected chi connectivity index (χ3v) is 12.5. The van der Waals surface area contributed by atoms with Gasteiger partial charge in [0.15, 0.2) is 6.10 Å². The van der Waals surface area contributed by atoms with E-state index in [1.54, 1.807) is 0 Å². The monoisotopic (exact) mass is 873 g/mol. The summed E-state index contributed by atoms with van der Waals surface area (Å²) in [5.74, 6) is -0.385. The number of esters is 2. The molecule has 0 amide bonds. The molecule has 1 unspecified atom stereocenters. The SMILES string of the molecule is CCCCC/C=C\C/C=C\CCCCCCCCCCCCOCC(COC(=O)CCCCCCCCCCCCCCCCCCCCC)OC(=O)CCCCCCCCC. The van der Waals surface area contributed by atoms with Gasteiger partial charge in [0.1, 0.15) is 6.61 Å². The van der Waals surface area contributed by atoms with Gasteiger partial charge in [0, 0.05) is 19.4 Å². The second kappa shape index (κ2) is 53.7. The van der Waals surface area contributed by atoms with Crippen LogP contribution < -0.4 is 0 Å². The fraction of sp³-hybridized carbons (Fsp3) is 0.895. The van der Waals surface area contributed by atoms with Gasteiger partial charge in [-0.05, 0) is 51.4 Å². The lowest BCUT2D eigenvalue weighted by Gasteiger charge is -2.18. The van der Waals surface area contributed by atoms with Crippen LogP contribution in [-0.2, 0) is 23.8 Å². The fourth-order valence-corrected chi connectivity index (χ4v) is 8.31. The summed E-state index contributed by atoms with van der Waals surface area (Å²) in [6, 6.07) is 0. The predicted octanol–water partition coefficient (Wildman–Crippen LogP) is 18.8. The van der Waals surface area contributed by atoms with E-state index in [9.17, 15) is 9.59 Å². The van der Waals surface area contributed by atoms with Crippen LogP contribution in [0.15, 0.2) is 24.3 Å². The minimum atomic E-state index is -0.528. The summed E-state index contributed by atoms with van der Waals surface area (Å²) in [4.78, 5) is 25.3. The van der Waals surface area contributed by atoms with Crippen molar-refractivity contribution in [3.05, 3.63) is 24.3 Å². The van der Waals surface area contributed by atoms with Gasteiger partial charge in [0.05, 0.1) is 6.61 Å². The normalized spacial score (nSPS) is 12.2. The first kappa shape index (κ1) is 60.4. The molecule has 0 fully saturated rings. The number of hydrogen-bond donors (Lipinski definition) is 0. The van der Waals surface area contributed by atoms with Crippen molar-refractivity contribution >= 4 is 11.9 Å². The highest BCUT2D eigenvalue weighted by molar-refractivity contribution is 5.70. The van der Waals surface area contributed by atoms with E-state index in [0.29, 0.717) is 26.1 Å². The molecule has 0 aliphatic rings. The zero-order valence-electron chi connectivity index (χ0n) is 42.2. The van der Waals surface area contributed by atoms with Crippen molar-refractivity contribution in [2.24, 2.45) is 0 Å². The number of carbonyl (C=O) groups is 2. The molecule has 0 spiro atoms. The molecule has 0 rings (SSSR count). The fourth-order valence-electron chi connectivity index (χ4n) is 8.31. The highest BCUT2D eigenvalue weighted by Crippen LogP contribution is 2.16. The van der Waals surface area contributed by atoms with E-state index < -0.39 is 6.10 Å². The second-order valence-electron chi connectivity index (χ2n) is 18.9. The largest absolute Gasteiger partial charge is 0.462 e. The van der Waals surface area contributed by atoms with Gasteiger partial charge in [-0.3, -0.25) is 9.59 Å². The Morgan fingerprint density at radius 2 is 0.677 bits per heavy atom. The molecule has 5 nitrogen and oxygen atoms in total. The Morgan fingerprint density at radius 1 is 0.355 bits per heavy atom. The van der Waals surface area contributed by atoms with Crippen molar-refractivity contribution in [2.75, 3.05) is 19.8 Å². The Balaban J connectivity index is 4.02. The van der Waals surface area contributed by atoms with Crippen LogP contribution in [0, 0.1) is 0 Å². The summed E-state index contributed by atoms with van der Waals surface area (Å²) >= 11 is 0. The average molecular weight is 873 g/mol. The maximum absolute atomic E-state index is 12.7. The van der Waals surface area contributed by atoms with Gasteiger partial charge in [-0.25, -0.2) is 0 Å². The molecule has 0 saturated heterocycles. The Bertz CT molecular complexity index is 943. The second-order valence-corrected chi connectivity index (χ2v) is 18.9. The first-order chi connectivity index (χ1) is 30.6. The van der Waals surface area contributed by atoms with Crippen molar-refractivity contribution < 1.29 is 23.8 Å². The van der Waals surface area contributed by atoms with Gasteiger partial charge in [-0.15, -0.1) is 0 Å². The molecule has 0 aromatic heterocycles. The maximum atomic E-state index is 12.7. The molecule has 0 saturated carbocycles. The summed E-state index contributed by atoms with van der Waals surface area (Å²) in [7, 11) is 0. The Labute approximate surface area is 387 Å². The lowest BCUT2D eigenvalue weighted by Crippen LogP contribution is -2.30. The molecule has 0 aliphatic heterocycles. The van der Waals surface area contributed by atoms with Gasteiger partial charge in [0.25, 0.3) is 0 Å². The lowest BCUT2D eigenvalue weighted by molar-refractivity contribution is -0.163. The van der Waals surface area contributed by atoms with E-state index in [2.05, 4.69) is 45.1 Å². The van der Waals surface area contributed by atoms with Gasteiger partial charge >= 0.3 is 11.9 Å². The van der Waals surface area contributed by atoms with Crippen LogP contribution >= 0.6 is 0 Å². The number of ether oxygens (including phenoxy) is 3. The van der Waals surface area contributed by atoms with Gasteiger partial charge in [-0.1, -0.05) is 263 Å². The van der Waals surface area contributed by atoms with E-state index in [-0.39, 0.29) is 18.5 Å². The first-order valence-corrected chi connectivity index (χ1v) is 27.9. The van der Waals surface area contributed by atoms with Crippen LogP contribution in [0.1, 0.15) is 303 Å². The van der Waals surface area contributed by atoms with Crippen LogP contribution in [-0.4, -0.2) is 37.9 Å². The number of unbranched alkanes of at least 4 members (excludes halogenated alkanes) is 37. The minimum absolute atomic E-state index is 0.0915. The number of allylic oxidation sites excluding steroid dienone is 4. The van der Waals surface area contributed by atoms with Crippen LogP contribution in [0.4, 0.5) is 0 Å². The number of rotatable bonds is 52. The molecular formula is C57H108O5. The first-order valence-electron chi connectivity index (χ1n) is 27.9. The highest BCUT2D eigenvalue weighted by atomic mass is 16.6. The van der Waals surface area contributed by atoms with Gasteiger partial charge in [0.2, 0.25) is 0 Å². The lowest BCUT2D eigenvalue weighted by atomic mass is 10.0. The number of carbonyl (C=O) groups excluding carboxylic acids is 2. The molecule has 0 aliphatic carbocycles. The zero-order chi connectivity index (χ0) is 44.9. The molecule has 5 heteroatoms.